The van der Waals surface area contributed by atoms with E-state index >= 15 is 0 Å². The highest BCUT2D eigenvalue weighted by Gasteiger charge is 2.67. The first-order valence-corrected chi connectivity index (χ1v) is 13.4. The minimum absolute atomic E-state index is 0.0610. The maximum atomic E-state index is 14.8. The van der Waals surface area contributed by atoms with Crippen LogP contribution in [0, 0.1) is 11.6 Å². The molecule has 202 valence electrons. The first-order valence-electron chi connectivity index (χ1n) is 10.3. The lowest BCUT2D eigenvalue weighted by molar-refractivity contribution is -0.142. The van der Waals surface area contributed by atoms with Gasteiger partial charge in [-0.2, -0.15) is 0 Å². The summed E-state index contributed by atoms with van der Waals surface area (Å²) in [6.07, 6.45) is -3.71. The fourth-order valence-electron chi connectivity index (χ4n) is 3.18. The highest BCUT2D eigenvalue weighted by Crippen LogP contribution is 2.79. The summed E-state index contributed by atoms with van der Waals surface area (Å²) in [5.41, 5.74) is -1.15. The summed E-state index contributed by atoms with van der Waals surface area (Å²) in [5.74, 6) is -4.54. The zero-order valence-electron chi connectivity index (χ0n) is 19.1. The van der Waals surface area contributed by atoms with E-state index in [0.29, 0.717) is 12.1 Å². The van der Waals surface area contributed by atoms with Gasteiger partial charge in [-0.05, 0) is 18.6 Å². The molecule has 1 aliphatic rings. The molecule has 1 aromatic carbocycles. The average molecular weight is 567 g/mol. The van der Waals surface area contributed by atoms with Gasteiger partial charge in [-0.25, -0.2) is 13.6 Å². The van der Waals surface area contributed by atoms with Crippen LogP contribution in [0.15, 0.2) is 36.7 Å². The number of methoxy groups -OCH3 is 1. The molecule has 2 heterocycles. The summed E-state index contributed by atoms with van der Waals surface area (Å²) in [5, 5.41) is 7.30. The third-order valence-electron chi connectivity index (χ3n) is 5.02. The zero-order valence-corrected chi connectivity index (χ0v) is 20.9. The standard InChI is InChI=1S/C20H21F2NO12P2/c1-11(6-16(24)31-2)32-19(25)33-13-7-14(21)17(15(22)8-13)18-34-36(27,28)20(26,37(29,30)35-18)9-12-4-3-5-23-10-12/h3-5,7-8,10-11,18,26H,6,9H2,1-2H3,(H,27,28)(H,29,30)/t11-,18?,20?/m1/s1. The molecule has 0 bridgehead atoms. The number of rotatable bonds is 7. The largest absolute Gasteiger partial charge is 0.514 e. The van der Waals surface area contributed by atoms with Gasteiger partial charge >= 0.3 is 27.3 Å². The summed E-state index contributed by atoms with van der Waals surface area (Å²) >= 11 is 0. The van der Waals surface area contributed by atoms with Crippen LogP contribution >= 0.6 is 15.2 Å². The van der Waals surface area contributed by atoms with E-state index in [1.807, 2.05) is 0 Å². The summed E-state index contributed by atoms with van der Waals surface area (Å²) in [7, 11) is -9.90. The summed E-state index contributed by atoms with van der Waals surface area (Å²) < 4.78 is 78.4. The molecule has 1 aromatic heterocycles. The Hall–Kier alpha value is -2.77. The van der Waals surface area contributed by atoms with Crippen LogP contribution in [0.3, 0.4) is 0 Å². The Morgan fingerprint density at radius 3 is 2.30 bits per heavy atom. The van der Waals surface area contributed by atoms with Gasteiger partial charge in [-0.1, -0.05) is 6.07 Å². The predicted octanol–water partition coefficient (Wildman–Crippen LogP) is 3.13. The van der Waals surface area contributed by atoms with Crippen LogP contribution in [-0.2, 0) is 38.9 Å². The zero-order chi connectivity index (χ0) is 27.6. The average Bonchev–Trinajstić information content (AvgIpc) is 2.77. The first-order chi connectivity index (χ1) is 17.2. The molecule has 0 spiro atoms. The van der Waals surface area contributed by atoms with Crippen molar-refractivity contribution in [1.82, 2.24) is 4.98 Å². The Bertz CT molecular complexity index is 1230. The van der Waals surface area contributed by atoms with Crippen LogP contribution in [0.1, 0.15) is 30.8 Å². The number of hydrogen-bond donors (Lipinski definition) is 3. The molecule has 1 fully saturated rings. The molecule has 13 nitrogen and oxygen atoms in total. The van der Waals surface area contributed by atoms with Gasteiger partial charge in [0, 0.05) is 30.9 Å². The highest BCUT2D eigenvalue weighted by molar-refractivity contribution is 7.73. The van der Waals surface area contributed by atoms with Gasteiger partial charge in [0.2, 0.25) is 6.29 Å². The number of halogens is 2. The normalized spacial score (nSPS) is 28.2. The van der Waals surface area contributed by atoms with Crippen molar-refractivity contribution in [3.63, 3.8) is 0 Å². The fourth-order valence-corrected chi connectivity index (χ4v) is 6.73. The molecule has 1 saturated heterocycles. The van der Waals surface area contributed by atoms with E-state index in [4.69, 9.17) is 13.8 Å². The number of pyridine rings is 1. The smallest absolute Gasteiger partial charge is 0.469 e. The molecule has 1 aliphatic heterocycles. The Morgan fingerprint density at radius 1 is 1.19 bits per heavy atom. The second kappa shape index (κ2) is 10.9. The van der Waals surface area contributed by atoms with Gasteiger partial charge in [0.25, 0.3) is 5.08 Å². The molecule has 0 saturated carbocycles. The van der Waals surface area contributed by atoms with Crippen LogP contribution in [-0.4, -0.2) is 50.3 Å². The predicted molar refractivity (Wildman–Crippen MR) is 117 cm³/mol. The minimum atomic E-state index is -5.51. The second-order valence-corrected chi connectivity index (χ2v) is 12.1. The van der Waals surface area contributed by atoms with Gasteiger partial charge in [-0.15, -0.1) is 0 Å². The van der Waals surface area contributed by atoms with E-state index in [-0.39, 0.29) is 12.0 Å². The van der Waals surface area contributed by atoms with Crippen molar-refractivity contribution in [3.05, 3.63) is 59.4 Å². The van der Waals surface area contributed by atoms with Crippen LogP contribution in [0.2, 0.25) is 0 Å². The number of hydrogen-bond acceptors (Lipinski definition) is 11. The molecule has 3 rings (SSSR count). The Labute approximate surface area is 208 Å². The molecule has 3 N–H and O–H groups in total. The molecule has 17 heteroatoms. The lowest BCUT2D eigenvalue weighted by Crippen LogP contribution is -2.38. The van der Waals surface area contributed by atoms with Crippen LogP contribution in [0.5, 0.6) is 5.75 Å². The summed E-state index contributed by atoms with van der Waals surface area (Å²) in [6.45, 7) is 1.33. The van der Waals surface area contributed by atoms with E-state index in [1.54, 1.807) is 0 Å². The maximum Gasteiger partial charge on any atom is 0.514 e. The van der Waals surface area contributed by atoms with Gasteiger partial charge in [0.15, 0.2) is 0 Å². The summed E-state index contributed by atoms with van der Waals surface area (Å²) in [4.78, 5) is 47.4. The molecular weight excluding hydrogens is 546 g/mol. The number of carbonyl (C=O) groups is 2. The molecule has 3 atom stereocenters. The number of aromatic nitrogens is 1. The number of esters is 1. The lowest BCUT2D eigenvalue weighted by atomic mass is 10.2. The van der Waals surface area contributed by atoms with E-state index in [0.717, 1.165) is 13.3 Å². The molecular formula is C20H21F2NO12P2. The highest BCUT2D eigenvalue weighted by atomic mass is 31.2. The quantitative estimate of drug-likeness (QED) is 0.252. The maximum absolute atomic E-state index is 14.8. The monoisotopic (exact) mass is 567 g/mol. The topological polar surface area (TPSA) is 188 Å². The van der Waals surface area contributed by atoms with Gasteiger partial charge in [0.1, 0.15) is 23.5 Å². The lowest BCUT2D eigenvalue weighted by Gasteiger charge is -2.41. The molecule has 2 unspecified atom stereocenters. The SMILES string of the molecule is COC(=O)C[C@@H](C)OC(=O)Oc1cc(F)c(C2OP(=O)(O)C(O)(Cc3cccnc3)P(=O)(O)O2)c(F)c1. The number of ether oxygens (including phenoxy) is 3. The van der Waals surface area contributed by atoms with Gasteiger partial charge in [0.05, 0.1) is 19.1 Å². The van der Waals surface area contributed by atoms with E-state index in [2.05, 4.69) is 14.5 Å². The Morgan fingerprint density at radius 2 is 1.78 bits per heavy atom. The van der Waals surface area contributed by atoms with Crippen molar-refractivity contribution in [2.75, 3.05) is 7.11 Å². The van der Waals surface area contributed by atoms with Gasteiger partial charge < -0.3 is 29.1 Å². The van der Waals surface area contributed by atoms with E-state index < -0.39 is 74.2 Å². The number of nitrogens with zero attached hydrogens (tertiary/aromatic N) is 1. The molecule has 2 aromatic rings. The van der Waals surface area contributed by atoms with Crippen molar-refractivity contribution in [1.29, 1.82) is 0 Å². The molecule has 0 radical (unpaired) electrons. The Kier molecular flexibility index (Phi) is 8.50. The van der Waals surface area contributed by atoms with E-state index in [9.17, 15) is 42.4 Å². The minimum Gasteiger partial charge on any atom is -0.469 e. The van der Waals surface area contributed by atoms with Crippen LogP contribution < -0.4 is 4.74 Å². The van der Waals surface area contributed by atoms with Crippen molar-refractivity contribution in [3.8, 4) is 5.75 Å². The van der Waals surface area contributed by atoms with Crippen LogP contribution in [0.25, 0.3) is 0 Å². The molecule has 37 heavy (non-hydrogen) atoms. The number of aliphatic hydroxyl groups is 1. The third-order valence-corrected chi connectivity index (χ3v) is 9.61. The Balaban J connectivity index is 1.81. The van der Waals surface area contributed by atoms with Crippen molar-refractivity contribution >= 4 is 27.3 Å². The second-order valence-electron chi connectivity index (χ2n) is 7.76. The first kappa shape index (κ1) is 28.8. The van der Waals surface area contributed by atoms with Crippen LogP contribution in [0.4, 0.5) is 13.6 Å². The fraction of sp³-hybridized carbons (Fsp3) is 0.350. The number of benzene rings is 1. The van der Waals surface area contributed by atoms with Crippen molar-refractivity contribution in [2.24, 2.45) is 0 Å². The molecule has 0 amide bonds. The van der Waals surface area contributed by atoms with Crippen molar-refractivity contribution in [2.45, 2.75) is 37.2 Å². The summed E-state index contributed by atoms with van der Waals surface area (Å²) in [6, 6.07) is 3.60. The van der Waals surface area contributed by atoms with Gasteiger partial charge in [-0.3, -0.25) is 28.0 Å². The number of carbonyl (C=O) groups excluding carboxylic acids is 2. The van der Waals surface area contributed by atoms with E-state index in [1.165, 1.54) is 25.3 Å². The third kappa shape index (κ3) is 6.21. The van der Waals surface area contributed by atoms with Crippen molar-refractivity contribution < 1.29 is 65.7 Å². The molecule has 0 aliphatic carbocycles.